The van der Waals surface area contributed by atoms with Crippen LogP contribution in [0, 0.1) is 5.82 Å². The Labute approximate surface area is 207 Å². The average molecular weight is 491 g/mol. The van der Waals surface area contributed by atoms with Crippen LogP contribution in [-0.2, 0) is 17.6 Å². The highest BCUT2D eigenvalue weighted by atomic mass is 19.1. The first-order valence-corrected chi connectivity index (χ1v) is 11.8. The van der Waals surface area contributed by atoms with Crippen LogP contribution in [-0.4, -0.2) is 61.4 Å². The van der Waals surface area contributed by atoms with Crippen molar-refractivity contribution in [1.82, 2.24) is 35.1 Å². The number of hydrogen-bond acceptors (Lipinski definition) is 10. The number of morpholine rings is 1. The normalized spacial score (nSPS) is 14.4. The van der Waals surface area contributed by atoms with E-state index in [4.69, 9.17) is 4.74 Å². The van der Waals surface area contributed by atoms with Crippen LogP contribution >= 0.6 is 0 Å². The third-order valence-corrected chi connectivity index (χ3v) is 5.69. The molecule has 1 fully saturated rings. The van der Waals surface area contributed by atoms with Gasteiger partial charge >= 0.3 is 0 Å². The number of aromatic amines is 1. The molecular weight excluding hydrogens is 463 g/mol. The van der Waals surface area contributed by atoms with E-state index < -0.39 is 5.82 Å². The Morgan fingerprint density at radius 2 is 1.78 bits per heavy atom. The van der Waals surface area contributed by atoms with E-state index in [1.807, 2.05) is 36.1 Å². The standard InChI is InChI=1S/C24H27FN10O/c1-16(21-26-14-18(25)15-27-21)28-22-30-23(32-24(31-22)35-9-11-36-12-10-35)29-20-13-19(33-34-20)8-7-17-5-3-2-4-6-17/h2-6,13-16H,7-12H2,1H3,(H3,28,29,30,31,32,33,34)/t16-/m0/s1. The highest BCUT2D eigenvalue weighted by Gasteiger charge is 2.19. The van der Waals surface area contributed by atoms with E-state index in [0.29, 0.717) is 55.8 Å². The average Bonchev–Trinajstić information content (AvgIpc) is 3.36. The summed E-state index contributed by atoms with van der Waals surface area (Å²) in [4.78, 5) is 23.8. The van der Waals surface area contributed by atoms with Crippen LogP contribution in [0.1, 0.15) is 30.0 Å². The van der Waals surface area contributed by atoms with Gasteiger partial charge in [0, 0.05) is 24.8 Å². The number of anilines is 4. The van der Waals surface area contributed by atoms with E-state index >= 15 is 0 Å². The predicted molar refractivity (Wildman–Crippen MR) is 133 cm³/mol. The molecule has 0 bridgehead atoms. The van der Waals surface area contributed by atoms with Gasteiger partial charge in [-0.1, -0.05) is 30.3 Å². The van der Waals surface area contributed by atoms with E-state index in [-0.39, 0.29) is 6.04 Å². The van der Waals surface area contributed by atoms with Crippen molar-refractivity contribution < 1.29 is 9.13 Å². The second-order valence-corrected chi connectivity index (χ2v) is 8.40. The van der Waals surface area contributed by atoms with Gasteiger partial charge in [-0.05, 0) is 25.3 Å². The van der Waals surface area contributed by atoms with Crippen molar-refractivity contribution in [3.05, 3.63) is 71.7 Å². The van der Waals surface area contributed by atoms with E-state index in [2.05, 4.69) is 57.9 Å². The molecule has 3 aromatic heterocycles. The summed E-state index contributed by atoms with van der Waals surface area (Å²) in [6.07, 6.45) is 4.00. The zero-order valence-electron chi connectivity index (χ0n) is 19.9. The first-order chi connectivity index (χ1) is 17.6. The van der Waals surface area contributed by atoms with Crippen molar-refractivity contribution in [1.29, 1.82) is 0 Å². The monoisotopic (exact) mass is 490 g/mol. The maximum atomic E-state index is 13.2. The van der Waals surface area contributed by atoms with Gasteiger partial charge in [-0.3, -0.25) is 5.10 Å². The van der Waals surface area contributed by atoms with Gasteiger partial charge in [-0.15, -0.1) is 0 Å². The molecule has 3 N–H and O–H groups in total. The first-order valence-electron chi connectivity index (χ1n) is 11.8. The number of nitrogens with one attached hydrogen (secondary N) is 3. The van der Waals surface area contributed by atoms with Crippen molar-refractivity contribution in [3.63, 3.8) is 0 Å². The lowest BCUT2D eigenvalue weighted by Crippen LogP contribution is -2.37. The summed E-state index contributed by atoms with van der Waals surface area (Å²) in [6, 6.07) is 11.9. The Balaban J connectivity index is 1.32. The number of ether oxygens (including phenoxy) is 1. The molecule has 1 aliphatic heterocycles. The SMILES string of the molecule is C[C@H](Nc1nc(Nc2cc(CCc3ccccc3)[nH]n2)nc(N2CCOCC2)n1)c1ncc(F)cn1. The molecular formula is C24H27FN10O. The fourth-order valence-electron chi connectivity index (χ4n) is 3.79. The highest BCUT2D eigenvalue weighted by Crippen LogP contribution is 2.21. The molecule has 186 valence electrons. The van der Waals surface area contributed by atoms with Gasteiger partial charge in [-0.2, -0.15) is 20.1 Å². The van der Waals surface area contributed by atoms with Crippen LogP contribution in [0.15, 0.2) is 48.8 Å². The smallest absolute Gasteiger partial charge is 0.235 e. The minimum atomic E-state index is -0.491. The molecule has 0 saturated carbocycles. The summed E-state index contributed by atoms with van der Waals surface area (Å²) in [5.74, 6) is 1.75. The zero-order valence-corrected chi connectivity index (χ0v) is 19.9. The second kappa shape index (κ2) is 11.0. The fourth-order valence-corrected chi connectivity index (χ4v) is 3.79. The molecule has 1 aromatic carbocycles. The van der Waals surface area contributed by atoms with Crippen molar-refractivity contribution in [2.75, 3.05) is 41.8 Å². The molecule has 5 rings (SSSR count). The molecule has 0 radical (unpaired) electrons. The Morgan fingerprint density at radius 3 is 2.56 bits per heavy atom. The van der Waals surface area contributed by atoms with E-state index in [0.717, 1.165) is 30.9 Å². The minimum Gasteiger partial charge on any atom is -0.378 e. The van der Waals surface area contributed by atoms with Crippen molar-refractivity contribution in [3.8, 4) is 0 Å². The van der Waals surface area contributed by atoms with Gasteiger partial charge in [0.05, 0.1) is 31.6 Å². The first kappa shape index (κ1) is 23.5. The molecule has 36 heavy (non-hydrogen) atoms. The molecule has 0 unspecified atom stereocenters. The van der Waals surface area contributed by atoms with Crippen molar-refractivity contribution >= 4 is 23.7 Å². The van der Waals surface area contributed by atoms with Gasteiger partial charge in [0.15, 0.2) is 11.6 Å². The molecule has 0 aliphatic carbocycles. The largest absolute Gasteiger partial charge is 0.378 e. The Bertz CT molecular complexity index is 1260. The summed E-state index contributed by atoms with van der Waals surface area (Å²) >= 11 is 0. The van der Waals surface area contributed by atoms with Crippen molar-refractivity contribution in [2.45, 2.75) is 25.8 Å². The van der Waals surface area contributed by atoms with Gasteiger partial charge < -0.3 is 20.3 Å². The van der Waals surface area contributed by atoms with Crippen LogP contribution in [0.4, 0.5) is 28.1 Å². The van der Waals surface area contributed by atoms with Crippen LogP contribution in [0.3, 0.4) is 0 Å². The molecule has 1 saturated heterocycles. The summed E-state index contributed by atoms with van der Waals surface area (Å²) in [5.41, 5.74) is 2.27. The summed E-state index contributed by atoms with van der Waals surface area (Å²) in [5, 5.41) is 13.8. The molecule has 1 aliphatic rings. The van der Waals surface area contributed by atoms with Crippen LogP contribution in [0.2, 0.25) is 0 Å². The number of benzene rings is 1. The maximum absolute atomic E-state index is 13.2. The Morgan fingerprint density at radius 1 is 1.03 bits per heavy atom. The number of nitrogens with zero attached hydrogens (tertiary/aromatic N) is 7. The third-order valence-electron chi connectivity index (χ3n) is 5.69. The summed E-state index contributed by atoms with van der Waals surface area (Å²) in [7, 11) is 0. The van der Waals surface area contributed by atoms with Crippen LogP contribution in [0.5, 0.6) is 0 Å². The number of aromatic nitrogens is 7. The van der Waals surface area contributed by atoms with Gasteiger partial charge in [-0.25, -0.2) is 14.4 Å². The second-order valence-electron chi connectivity index (χ2n) is 8.40. The van der Waals surface area contributed by atoms with Crippen molar-refractivity contribution in [2.24, 2.45) is 0 Å². The lowest BCUT2D eigenvalue weighted by Gasteiger charge is -2.27. The van der Waals surface area contributed by atoms with E-state index in [1.165, 1.54) is 5.56 Å². The van der Waals surface area contributed by atoms with E-state index in [1.54, 1.807) is 0 Å². The zero-order chi connectivity index (χ0) is 24.7. The predicted octanol–water partition coefficient (Wildman–Crippen LogP) is 3.06. The molecule has 12 heteroatoms. The molecule has 0 spiro atoms. The van der Waals surface area contributed by atoms with Crippen LogP contribution in [0.25, 0.3) is 0 Å². The Kier molecular flexibility index (Phi) is 7.22. The van der Waals surface area contributed by atoms with Crippen LogP contribution < -0.4 is 15.5 Å². The molecule has 11 nitrogen and oxygen atoms in total. The number of aryl methyl sites for hydroxylation is 2. The molecule has 1 atom stereocenters. The molecule has 0 amide bonds. The highest BCUT2D eigenvalue weighted by molar-refractivity contribution is 5.52. The minimum absolute atomic E-state index is 0.342. The lowest BCUT2D eigenvalue weighted by atomic mass is 10.1. The fraction of sp³-hybridized carbons (Fsp3) is 0.333. The Hall–Kier alpha value is -4.19. The number of H-pyrrole nitrogens is 1. The third kappa shape index (κ3) is 6.08. The quantitative estimate of drug-likeness (QED) is 0.322. The summed E-state index contributed by atoms with van der Waals surface area (Å²) < 4.78 is 18.7. The van der Waals surface area contributed by atoms with Gasteiger partial charge in [0.1, 0.15) is 5.82 Å². The number of rotatable bonds is 9. The van der Waals surface area contributed by atoms with Gasteiger partial charge in [0.25, 0.3) is 0 Å². The lowest BCUT2D eigenvalue weighted by molar-refractivity contribution is 0.122. The van der Waals surface area contributed by atoms with Gasteiger partial charge in [0.2, 0.25) is 17.8 Å². The topological polar surface area (TPSA) is 130 Å². The number of halogens is 1. The molecule has 4 heterocycles. The maximum Gasteiger partial charge on any atom is 0.235 e. The summed E-state index contributed by atoms with van der Waals surface area (Å²) in [6.45, 7) is 4.39. The van der Waals surface area contributed by atoms with E-state index in [9.17, 15) is 4.39 Å². The molecule has 4 aromatic rings. The number of hydrogen-bond donors (Lipinski definition) is 3.